The van der Waals surface area contributed by atoms with Crippen molar-refractivity contribution in [1.82, 2.24) is 24.9 Å². The third-order valence-corrected chi connectivity index (χ3v) is 7.24. The van der Waals surface area contributed by atoms with Crippen molar-refractivity contribution in [2.24, 2.45) is 5.92 Å². The first-order chi connectivity index (χ1) is 14.9. The molecular weight excluding hydrogens is 402 g/mol. The van der Waals surface area contributed by atoms with Crippen LogP contribution in [-0.4, -0.2) is 114 Å². The second-order valence-corrected chi connectivity index (χ2v) is 9.09. The van der Waals surface area contributed by atoms with Crippen molar-refractivity contribution in [2.45, 2.75) is 38.1 Å². The van der Waals surface area contributed by atoms with E-state index >= 15 is 0 Å². The minimum absolute atomic E-state index is 0.0744. The number of morpholine rings is 1. The first kappa shape index (κ1) is 22.0. The topological polar surface area (TPSA) is 102 Å². The molecule has 172 valence electrons. The lowest BCUT2D eigenvalue weighted by molar-refractivity contribution is -0.142. The molecule has 3 heterocycles. The Labute approximate surface area is 182 Å². The summed E-state index contributed by atoms with van der Waals surface area (Å²) in [5.41, 5.74) is -0.839. The molecule has 0 radical (unpaired) electrons. The van der Waals surface area contributed by atoms with Crippen molar-refractivity contribution in [3.8, 4) is 0 Å². The third kappa shape index (κ3) is 4.41. The van der Waals surface area contributed by atoms with Gasteiger partial charge in [-0.05, 0) is 18.8 Å². The molecule has 4 fully saturated rings. The van der Waals surface area contributed by atoms with E-state index in [0.717, 1.165) is 24.2 Å². The molecule has 0 unspecified atom stereocenters. The highest BCUT2D eigenvalue weighted by atomic mass is 16.5. The molecule has 10 nitrogen and oxygen atoms in total. The summed E-state index contributed by atoms with van der Waals surface area (Å²) >= 11 is 0. The van der Waals surface area contributed by atoms with Gasteiger partial charge in [-0.25, -0.2) is 4.79 Å². The highest BCUT2D eigenvalue weighted by Crippen LogP contribution is 2.38. The number of carbonyl (C=O) groups is 4. The van der Waals surface area contributed by atoms with Gasteiger partial charge >= 0.3 is 6.03 Å². The van der Waals surface area contributed by atoms with Crippen LogP contribution in [-0.2, 0) is 19.1 Å². The number of hydrogen-bond acceptors (Lipinski definition) is 6. The molecule has 10 heteroatoms. The number of rotatable bonds is 4. The molecule has 0 aromatic rings. The molecule has 5 amide bonds. The number of ether oxygens (including phenoxy) is 1. The molecule has 2 atom stereocenters. The smallest absolute Gasteiger partial charge is 0.325 e. The molecule has 0 aromatic heterocycles. The highest BCUT2D eigenvalue weighted by molar-refractivity contribution is 6.09. The number of piperazine rings is 1. The SMILES string of the molecule is C[C@@H]1CCCC[C@@]12NC(=O)N(CC(=O)N1CCN(CC(=O)N3CCOCC3)CC1)C2=O. The summed E-state index contributed by atoms with van der Waals surface area (Å²) in [6.07, 6.45) is 3.50. The number of carbonyl (C=O) groups excluding carboxylic acids is 4. The number of imide groups is 1. The van der Waals surface area contributed by atoms with Crippen LogP contribution in [0.4, 0.5) is 4.79 Å². The summed E-state index contributed by atoms with van der Waals surface area (Å²) in [5.74, 6) is -0.310. The lowest BCUT2D eigenvalue weighted by Crippen LogP contribution is -2.55. The Bertz CT molecular complexity index is 732. The van der Waals surface area contributed by atoms with Crippen LogP contribution in [0.3, 0.4) is 0 Å². The van der Waals surface area contributed by atoms with Crippen molar-refractivity contribution in [2.75, 3.05) is 65.6 Å². The summed E-state index contributed by atoms with van der Waals surface area (Å²) in [6.45, 7) is 6.72. The van der Waals surface area contributed by atoms with Gasteiger partial charge in [0.25, 0.3) is 5.91 Å². The van der Waals surface area contributed by atoms with Gasteiger partial charge in [0.2, 0.25) is 11.8 Å². The molecule has 1 N–H and O–H groups in total. The predicted molar refractivity (Wildman–Crippen MR) is 111 cm³/mol. The average molecular weight is 436 g/mol. The quantitative estimate of drug-likeness (QED) is 0.597. The fraction of sp³-hybridized carbons (Fsp3) is 0.810. The van der Waals surface area contributed by atoms with Gasteiger partial charge in [-0.3, -0.25) is 24.2 Å². The van der Waals surface area contributed by atoms with E-state index in [1.165, 1.54) is 0 Å². The molecule has 1 aliphatic carbocycles. The van der Waals surface area contributed by atoms with Gasteiger partial charge in [0.1, 0.15) is 12.1 Å². The number of nitrogens with one attached hydrogen (secondary N) is 1. The number of nitrogens with zero attached hydrogens (tertiary/aromatic N) is 4. The van der Waals surface area contributed by atoms with Crippen LogP contribution in [0.5, 0.6) is 0 Å². The van der Waals surface area contributed by atoms with Crippen molar-refractivity contribution < 1.29 is 23.9 Å². The number of hydrogen-bond donors (Lipinski definition) is 1. The average Bonchev–Trinajstić information content (AvgIpc) is 3.01. The summed E-state index contributed by atoms with van der Waals surface area (Å²) in [4.78, 5) is 57.5. The minimum Gasteiger partial charge on any atom is -0.378 e. The van der Waals surface area contributed by atoms with E-state index in [9.17, 15) is 19.2 Å². The summed E-state index contributed by atoms with van der Waals surface area (Å²) < 4.78 is 5.28. The van der Waals surface area contributed by atoms with Crippen molar-refractivity contribution in [3.05, 3.63) is 0 Å². The van der Waals surface area contributed by atoms with E-state index in [4.69, 9.17) is 4.74 Å². The molecule has 31 heavy (non-hydrogen) atoms. The van der Waals surface area contributed by atoms with E-state index in [-0.39, 0.29) is 30.2 Å². The fourth-order valence-electron chi connectivity index (χ4n) is 5.13. The Morgan fingerprint density at radius 3 is 2.29 bits per heavy atom. The predicted octanol–water partition coefficient (Wildman–Crippen LogP) is -0.510. The Balaban J connectivity index is 1.27. The van der Waals surface area contributed by atoms with Crippen LogP contribution in [0.15, 0.2) is 0 Å². The molecule has 3 saturated heterocycles. The molecule has 1 saturated carbocycles. The van der Waals surface area contributed by atoms with Crippen molar-refractivity contribution in [3.63, 3.8) is 0 Å². The zero-order valence-electron chi connectivity index (χ0n) is 18.3. The van der Waals surface area contributed by atoms with Crippen LogP contribution in [0, 0.1) is 5.92 Å². The maximum Gasteiger partial charge on any atom is 0.325 e. The van der Waals surface area contributed by atoms with E-state index < -0.39 is 11.6 Å². The summed E-state index contributed by atoms with van der Waals surface area (Å²) in [5, 5.41) is 2.89. The van der Waals surface area contributed by atoms with Crippen LogP contribution >= 0.6 is 0 Å². The zero-order valence-corrected chi connectivity index (χ0v) is 18.3. The van der Waals surface area contributed by atoms with Gasteiger partial charge < -0.3 is 19.9 Å². The van der Waals surface area contributed by atoms with Crippen LogP contribution in [0.2, 0.25) is 0 Å². The lowest BCUT2D eigenvalue weighted by atomic mass is 9.73. The molecule has 3 aliphatic heterocycles. The van der Waals surface area contributed by atoms with Crippen LogP contribution in [0.1, 0.15) is 32.6 Å². The zero-order chi connectivity index (χ0) is 22.0. The van der Waals surface area contributed by atoms with Gasteiger partial charge in [0.05, 0.1) is 19.8 Å². The van der Waals surface area contributed by atoms with Gasteiger partial charge in [-0.15, -0.1) is 0 Å². The summed E-state index contributed by atoms with van der Waals surface area (Å²) in [6, 6.07) is -0.457. The Hall–Kier alpha value is -2.20. The molecule has 0 aromatic carbocycles. The van der Waals surface area contributed by atoms with Gasteiger partial charge in [0, 0.05) is 39.3 Å². The normalized spacial score (nSPS) is 30.1. The van der Waals surface area contributed by atoms with Gasteiger partial charge in [0.15, 0.2) is 0 Å². The van der Waals surface area contributed by atoms with E-state index in [1.54, 1.807) is 4.90 Å². The van der Waals surface area contributed by atoms with E-state index in [0.29, 0.717) is 65.4 Å². The van der Waals surface area contributed by atoms with Gasteiger partial charge in [-0.2, -0.15) is 0 Å². The maximum absolute atomic E-state index is 13.1. The molecule has 0 bridgehead atoms. The molecule has 4 rings (SSSR count). The number of urea groups is 1. The van der Waals surface area contributed by atoms with Gasteiger partial charge in [-0.1, -0.05) is 19.8 Å². The molecular formula is C21H33N5O5. The van der Waals surface area contributed by atoms with Crippen molar-refractivity contribution in [1.29, 1.82) is 0 Å². The molecule has 4 aliphatic rings. The Morgan fingerprint density at radius 2 is 1.61 bits per heavy atom. The van der Waals surface area contributed by atoms with Crippen LogP contribution < -0.4 is 5.32 Å². The number of amides is 5. The van der Waals surface area contributed by atoms with E-state index in [1.807, 2.05) is 16.7 Å². The maximum atomic E-state index is 13.1. The monoisotopic (exact) mass is 435 g/mol. The molecule has 1 spiro atoms. The standard InChI is InChI=1S/C21H33N5O5/c1-16-4-2-3-5-21(16)19(29)26(20(30)22-21)15-18(28)24-8-6-23(7-9-24)14-17(27)25-10-12-31-13-11-25/h16H,2-15H2,1H3,(H,22,30)/t16-,21-/m1/s1. The van der Waals surface area contributed by atoms with E-state index in [2.05, 4.69) is 5.32 Å². The third-order valence-electron chi connectivity index (χ3n) is 7.24. The lowest BCUT2D eigenvalue weighted by Gasteiger charge is -2.37. The highest BCUT2D eigenvalue weighted by Gasteiger charge is 2.55. The first-order valence-electron chi connectivity index (χ1n) is 11.4. The second-order valence-electron chi connectivity index (χ2n) is 9.09. The first-order valence-corrected chi connectivity index (χ1v) is 11.4. The summed E-state index contributed by atoms with van der Waals surface area (Å²) in [7, 11) is 0. The second kappa shape index (κ2) is 9.12. The Morgan fingerprint density at radius 1 is 0.968 bits per heavy atom. The minimum atomic E-state index is -0.839. The fourth-order valence-corrected chi connectivity index (χ4v) is 5.13. The van der Waals surface area contributed by atoms with Crippen LogP contribution in [0.25, 0.3) is 0 Å². The Kier molecular flexibility index (Phi) is 6.47. The van der Waals surface area contributed by atoms with Crippen molar-refractivity contribution >= 4 is 23.8 Å². The largest absolute Gasteiger partial charge is 0.378 e.